The molecule has 0 aromatic carbocycles. The van der Waals surface area contributed by atoms with E-state index in [1.54, 1.807) is 0 Å². The topological polar surface area (TPSA) is 36.4 Å². The van der Waals surface area contributed by atoms with Gasteiger partial charge in [0.15, 0.2) is 5.96 Å². The van der Waals surface area contributed by atoms with Crippen LogP contribution in [-0.2, 0) is 0 Å². The molecule has 2 rings (SSSR count). The zero-order valence-electron chi connectivity index (χ0n) is 12.5. The number of unbranched alkanes of at least 4 members (excludes halogenated alkanes) is 3. The molecule has 0 amide bonds. The highest BCUT2D eigenvalue weighted by molar-refractivity contribution is 14.0. The van der Waals surface area contributed by atoms with Crippen molar-refractivity contribution in [2.24, 2.45) is 16.3 Å². The standard InChI is InChI=1S/C15H29N3.HI/c1-3-4-5-6-11-17-14(16-2)18-12-15(9-10-15)13-7-8-13;/h13H,3-12H2,1-2H3,(H2,16,17,18);1H. The fraction of sp³-hybridized carbons (Fsp3) is 0.933. The highest BCUT2D eigenvalue weighted by Crippen LogP contribution is 2.60. The molecule has 0 aromatic heterocycles. The van der Waals surface area contributed by atoms with Gasteiger partial charge in [0.2, 0.25) is 0 Å². The first-order valence-corrected chi connectivity index (χ1v) is 7.75. The maximum atomic E-state index is 4.31. The second-order valence-electron chi connectivity index (χ2n) is 6.05. The maximum Gasteiger partial charge on any atom is 0.190 e. The van der Waals surface area contributed by atoms with Crippen LogP contribution in [0.1, 0.15) is 58.3 Å². The SMILES string of the molecule is CCCCCCNC(=NC)NCC1(C2CC2)CC1.I. The molecule has 0 aromatic rings. The normalized spacial score (nSPS) is 20.6. The molecular formula is C15H30IN3. The lowest BCUT2D eigenvalue weighted by atomic mass is 10.0. The van der Waals surface area contributed by atoms with Gasteiger partial charge < -0.3 is 10.6 Å². The molecule has 0 radical (unpaired) electrons. The minimum atomic E-state index is 0. The van der Waals surface area contributed by atoms with Crippen molar-refractivity contribution in [1.29, 1.82) is 0 Å². The Balaban J connectivity index is 0.00000180. The Morgan fingerprint density at radius 3 is 2.42 bits per heavy atom. The van der Waals surface area contributed by atoms with E-state index < -0.39 is 0 Å². The van der Waals surface area contributed by atoms with E-state index in [2.05, 4.69) is 22.5 Å². The molecule has 0 atom stereocenters. The van der Waals surface area contributed by atoms with E-state index in [9.17, 15) is 0 Å². The fourth-order valence-corrected chi connectivity index (χ4v) is 2.82. The molecule has 2 N–H and O–H groups in total. The van der Waals surface area contributed by atoms with Gasteiger partial charge in [0.25, 0.3) is 0 Å². The first-order valence-electron chi connectivity index (χ1n) is 7.75. The number of hydrogen-bond donors (Lipinski definition) is 2. The van der Waals surface area contributed by atoms with E-state index in [4.69, 9.17) is 0 Å². The Kier molecular flexibility index (Phi) is 7.47. The minimum absolute atomic E-state index is 0. The van der Waals surface area contributed by atoms with Crippen LogP contribution in [0.25, 0.3) is 0 Å². The molecular weight excluding hydrogens is 349 g/mol. The third-order valence-corrected chi connectivity index (χ3v) is 4.49. The van der Waals surface area contributed by atoms with Gasteiger partial charge in [0, 0.05) is 20.1 Å². The summed E-state index contributed by atoms with van der Waals surface area (Å²) in [5.74, 6) is 2.02. The Labute approximate surface area is 135 Å². The molecule has 3 nitrogen and oxygen atoms in total. The molecule has 2 saturated carbocycles. The summed E-state index contributed by atoms with van der Waals surface area (Å²) in [7, 11) is 1.87. The smallest absolute Gasteiger partial charge is 0.190 e. The van der Waals surface area contributed by atoms with Gasteiger partial charge in [0.05, 0.1) is 0 Å². The van der Waals surface area contributed by atoms with Crippen LogP contribution in [0.15, 0.2) is 4.99 Å². The zero-order valence-corrected chi connectivity index (χ0v) is 14.8. The number of halogens is 1. The van der Waals surface area contributed by atoms with Crippen molar-refractivity contribution in [1.82, 2.24) is 10.6 Å². The van der Waals surface area contributed by atoms with Gasteiger partial charge in [-0.1, -0.05) is 26.2 Å². The highest BCUT2D eigenvalue weighted by Gasteiger charge is 2.53. The van der Waals surface area contributed by atoms with Crippen molar-refractivity contribution in [3.05, 3.63) is 0 Å². The fourth-order valence-electron chi connectivity index (χ4n) is 2.82. The van der Waals surface area contributed by atoms with Crippen molar-refractivity contribution in [3.8, 4) is 0 Å². The average Bonchev–Trinajstić information content (AvgIpc) is 3.25. The van der Waals surface area contributed by atoms with Crippen molar-refractivity contribution in [2.75, 3.05) is 20.1 Å². The quantitative estimate of drug-likeness (QED) is 0.293. The van der Waals surface area contributed by atoms with Gasteiger partial charge in [-0.2, -0.15) is 0 Å². The predicted octanol–water partition coefficient (Wildman–Crippen LogP) is 3.54. The van der Waals surface area contributed by atoms with E-state index in [1.807, 2.05) is 7.05 Å². The monoisotopic (exact) mass is 379 g/mol. The number of aliphatic imine (C=N–C) groups is 1. The average molecular weight is 379 g/mol. The van der Waals surface area contributed by atoms with Crippen molar-refractivity contribution in [3.63, 3.8) is 0 Å². The summed E-state index contributed by atoms with van der Waals surface area (Å²) in [5.41, 5.74) is 0.653. The molecule has 2 aliphatic carbocycles. The Hall–Kier alpha value is 0. The van der Waals surface area contributed by atoms with E-state index in [1.165, 1.54) is 51.4 Å². The summed E-state index contributed by atoms with van der Waals surface area (Å²) < 4.78 is 0. The highest BCUT2D eigenvalue weighted by atomic mass is 127. The summed E-state index contributed by atoms with van der Waals surface area (Å²) in [4.78, 5) is 4.31. The number of nitrogens with zero attached hydrogens (tertiary/aromatic N) is 1. The van der Waals surface area contributed by atoms with Crippen molar-refractivity contribution >= 4 is 29.9 Å². The number of rotatable bonds is 8. The van der Waals surface area contributed by atoms with Crippen LogP contribution in [-0.4, -0.2) is 26.1 Å². The first kappa shape index (κ1) is 17.1. The van der Waals surface area contributed by atoms with Crippen LogP contribution < -0.4 is 10.6 Å². The number of hydrogen-bond acceptors (Lipinski definition) is 1. The maximum absolute atomic E-state index is 4.31. The minimum Gasteiger partial charge on any atom is -0.356 e. The summed E-state index contributed by atoms with van der Waals surface area (Å²) >= 11 is 0. The predicted molar refractivity (Wildman–Crippen MR) is 93.3 cm³/mol. The molecule has 0 bridgehead atoms. The van der Waals surface area contributed by atoms with Crippen molar-refractivity contribution in [2.45, 2.75) is 58.3 Å². The molecule has 2 fully saturated rings. The van der Waals surface area contributed by atoms with Crippen LogP contribution in [0.3, 0.4) is 0 Å². The molecule has 4 heteroatoms. The van der Waals surface area contributed by atoms with Gasteiger partial charge in [-0.15, -0.1) is 24.0 Å². The third kappa shape index (κ3) is 5.48. The first-order chi connectivity index (χ1) is 8.80. The molecule has 0 unspecified atom stereocenters. The summed E-state index contributed by atoms with van der Waals surface area (Å²) in [6.07, 6.45) is 11.0. The Morgan fingerprint density at radius 1 is 1.16 bits per heavy atom. The van der Waals surface area contributed by atoms with Crippen LogP contribution in [0.4, 0.5) is 0 Å². The van der Waals surface area contributed by atoms with Gasteiger partial charge in [0.1, 0.15) is 0 Å². The van der Waals surface area contributed by atoms with Crippen LogP contribution in [0, 0.1) is 11.3 Å². The van der Waals surface area contributed by atoms with Crippen molar-refractivity contribution < 1.29 is 0 Å². The van der Waals surface area contributed by atoms with Crippen LogP contribution >= 0.6 is 24.0 Å². The molecule has 0 aliphatic heterocycles. The zero-order chi connectivity index (χ0) is 12.8. The third-order valence-electron chi connectivity index (χ3n) is 4.49. The molecule has 19 heavy (non-hydrogen) atoms. The molecule has 112 valence electrons. The molecule has 0 heterocycles. The largest absolute Gasteiger partial charge is 0.356 e. The Bertz CT molecular complexity index is 283. The lowest BCUT2D eigenvalue weighted by Crippen LogP contribution is -2.41. The lowest BCUT2D eigenvalue weighted by Gasteiger charge is -2.18. The van der Waals surface area contributed by atoms with Crippen LogP contribution in [0.2, 0.25) is 0 Å². The van der Waals surface area contributed by atoms with E-state index in [0.717, 1.165) is 25.0 Å². The summed E-state index contributed by atoms with van der Waals surface area (Å²) in [5, 5.41) is 6.95. The van der Waals surface area contributed by atoms with Gasteiger partial charge in [-0.25, -0.2) is 0 Å². The number of guanidine groups is 1. The summed E-state index contributed by atoms with van der Waals surface area (Å²) in [6.45, 7) is 4.43. The van der Waals surface area contributed by atoms with E-state index >= 15 is 0 Å². The second-order valence-corrected chi connectivity index (χ2v) is 6.05. The van der Waals surface area contributed by atoms with Crippen LogP contribution in [0.5, 0.6) is 0 Å². The van der Waals surface area contributed by atoms with E-state index in [-0.39, 0.29) is 24.0 Å². The molecule has 0 spiro atoms. The van der Waals surface area contributed by atoms with Gasteiger partial charge >= 0.3 is 0 Å². The van der Waals surface area contributed by atoms with Gasteiger partial charge in [-0.05, 0) is 43.4 Å². The van der Waals surface area contributed by atoms with E-state index in [0.29, 0.717) is 5.41 Å². The second kappa shape index (κ2) is 8.32. The lowest BCUT2D eigenvalue weighted by molar-refractivity contribution is 0.431. The number of nitrogens with one attached hydrogen (secondary N) is 2. The molecule has 2 aliphatic rings. The van der Waals surface area contributed by atoms with Gasteiger partial charge in [-0.3, -0.25) is 4.99 Å². The summed E-state index contributed by atoms with van der Waals surface area (Å²) in [6, 6.07) is 0. The Morgan fingerprint density at radius 2 is 1.89 bits per heavy atom. The molecule has 0 saturated heterocycles.